The van der Waals surface area contributed by atoms with Crippen LogP contribution in [0.5, 0.6) is 5.75 Å². The fourth-order valence-corrected chi connectivity index (χ4v) is 2.93. The first-order valence-corrected chi connectivity index (χ1v) is 7.75. The number of ether oxygens (including phenoxy) is 1. The maximum absolute atomic E-state index is 12.6. The molecule has 2 aromatic rings. The average molecular weight is 338 g/mol. The van der Waals surface area contributed by atoms with Crippen molar-refractivity contribution in [3.05, 3.63) is 59.2 Å². The van der Waals surface area contributed by atoms with Crippen molar-refractivity contribution in [1.82, 2.24) is 5.06 Å². The van der Waals surface area contributed by atoms with Crippen molar-refractivity contribution in [3.63, 3.8) is 0 Å². The molecule has 0 unspecified atom stereocenters. The minimum atomic E-state index is -0.818. The highest BCUT2D eigenvalue weighted by molar-refractivity contribution is 6.21. The van der Waals surface area contributed by atoms with Crippen molar-refractivity contribution in [2.24, 2.45) is 0 Å². The molecule has 7 heteroatoms. The number of rotatable bonds is 2. The van der Waals surface area contributed by atoms with E-state index in [4.69, 9.17) is 9.57 Å². The van der Waals surface area contributed by atoms with Gasteiger partial charge in [-0.3, -0.25) is 9.59 Å². The van der Waals surface area contributed by atoms with Gasteiger partial charge >= 0.3 is 5.97 Å². The number of nitrogens with zero attached hydrogens (tertiary/aromatic N) is 2. The van der Waals surface area contributed by atoms with Crippen LogP contribution in [0.2, 0.25) is 0 Å². The minimum Gasteiger partial charge on any atom is -0.489 e. The number of carbonyl (C=O) groups is 3. The second kappa shape index (κ2) is 5.62. The van der Waals surface area contributed by atoms with Crippen LogP contribution in [0.15, 0.2) is 42.5 Å². The maximum Gasteiger partial charge on any atom is 0.367 e. The van der Waals surface area contributed by atoms with Gasteiger partial charge in [0, 0.05) is 7.05 Å². The Bertz CT molecular complexity index is 873. The third-order valence-corrected chi connectivity index (χ3v) is 4.23. The van der Waals surface area contributed by atoms with Gasteiger partial charge in [0.25, 0.3) is 11.8 Å². The molecule has 7 nitrogen and oxygen atoms in total. The molecule has 0 aromatic heterocycles. The first-order valence-electron chi connectivity index (χ1n) is 7.75. The molecule has 0 aliphatic carbocycles. The van der Waals surface area contributed by atoms with Crippen LogP contribution >= 0.6 is 0 Å². The third kappa shape index (κ3) is 2.32. The molecule has 2 heterocycles. The predicted octanol–water partition coefficient (Wildman–Crippen LogP) is 1.88. The Labute approximate surface area is 143 Å². The number of benzene rings is 2. The number of hydroxylamine groups is 2. The number of fused-ring (bicyclic) bond motifs is 2. The van der Waals surface area contributed by atoms with E-state index in [2.05, 4.69) is 0 Å². The third-order valence-electron chi connectivity index (χ3n) is 4.23. The van der Waals surface area contributed by atoms with E-state index in [0.717, 1.165) is 5.69 Å². The molecule has 126 valence electrons. The number of anilines is 1. The summed E-state index contributed by atoms with van der Waals surface area (Å²) < 4.78 is 5.60. The van der Waals surface area contributed by atoms with Crippen LogP contribution in [0.3, 0.4) is 0 Å². The topological polar surface area (TPSA) is 76.2 Å². The Morgan fingerprint density at radius 1 is 1.04 bits per heavy atom. The lowest BCUT2D eigenvalue weighted by Crippen LogP contribution is -2.34. The van der Waals surface area contributed by atoms with Crippen molar-refractivity contribution in [3.8, 4) is 5.75 Å². The fourth-order valence-electron chi connectivity index (χ4n) is 2.93. The van der Waals surface area contributed by atoms with Crippen LogP contribution in [-0.2, 0) is 4.84 Å². The lowest BCUT2D eigenvalue weighted by atomic mass is 10.1. The number of imide groups is 1. The van der Waals surface area contributed by atoms with Gasteiger partial charge < -0.3 is 14.5 Å². The second-order valence-corrected chi connectivity index (χ2v) is 5.75. The van der Waals surface area contributed by atoms with Gasteiger partial charge in [0.2, 0.25) is 0 Å². The Hall–Kier alpha value is -3.35. The number of para-hydroxylation sites is 1. The van der Waals surface area contributed by atoms with E-state index in [-0.39, 0.29) is 16.7 Å². The lowest BCUT2D eigenvalue weighted by Gasteiger charge is -2.28. The summed E-state index contributed by atoms with van der Waals surface area (Å²) in [5.41, 5.74) is 1.35. The summed E-state index contributed by atoms with van der Waals surface area (Å²) in [4.78, 5) is 44.2. The van der Waals surface area contributed by atoms with Crippen molar-refractivity contribution in [1.29, 1.82) is 0 Å². The molecule has 0 saturated heterocycles. The van der Waals surface area contributed by atoms with Crippen LogP contribution in [0, 0.1) is 0 Å². The fraction of sp³-hybridized carbons (Fsp3) is 0.167. The largest absolute Gasteiger partial charge is 0.489 e. The number of likely N-dealkylation sites (N-methyl/N-ethyl adjacent to an activating group) is 1. The van der Waals surface area contributed by atoms with Crippen LogP contribution in [0.4, 0.5) is 5.69 Å². The molecule has 2 amide bonds. The normalized spacial score (nSPS) is 15.6. The molecule has 0 atom stereocenters. The lowest BCUT2D eigenvalue weighted by molar-refractivity contribution is -0.0586. The molecule has 0 spiro atoms. The van der Waals surface area contributed by atoms with Crippen molar-refractivity contribution in [2.75, 3.05) is 25.1 Å². The minimum absolute atomic E-state index is 0.167. The van der Waals surface area contributed by atoms with Gasteiger partial charge in [-0.1, -0.05) is 23.3 Å². The molecule has 0 fully saturated rings. The average Bonchev–Trinajstić information content (AvgIpc) is 2.87. The second-order valence-electron chi connectivity index (χ2n) is 5.75. The highest BCUT2D eigenvalue weighted by atomic mass is 16.7. The standard InChI is InChI=1S/C18H14N2O5/c1-19-9-10-24-15-13(7-4-8-14(15)19)18(23)25-20-16(21)11-5-2-3-6-12(11)17(20)22/h2-8H,9-10H2,1H3. The van der Waals surface area contributed by atoms with Gasteiger partial charge in [-0.05, 0) is 24.3 Å². The maximum atomic E-state index is 12.6. The van der Waals surface area contributed by atoms with Crippen LogP contribution in [0.1, 0.15) is 31.1 Å². The van der Waals surface area contributed by atoms with Crippen molar-refractivity contribution >= 4 is 23.5 Å². The van der Waals surface area contributed by atoms with E-state index in [1.165, 1.54) is 12.1 Å². The van der Waals surface area contributed by atoms with Crippen LogP contribution in [0.25, 0.3) is 0 Å². The van der Waals surface area contributed by atoms with Gasteiger partial charge in [-0.15, -0.1) is 0 Å². The van der Waals surface area contributed by atoms with E-state index in [9.17, 15) is 14.4 Å². The van der Waals surface area contributed by atoms with E-state index in [1.54, 1.807) is 24.3 Å². The summed E-state index contributed by atoms with van der Waals surface area (Å²) in [6.07, 6.45) is 0. The first kappa shape index (κ1) is 15.2. The molecule has 4 rings (SSSR count). The van der Waals surface area contributed by atoms with Crippen molar-refractivity contribution in [2.45, 2.75) is 0 Å². The summed E-state index contributed by atoms with van der Waals surface area (Å²) in [6.45, 7) is 1.13. The zero-order valence-corrected chi connectivity index (χ0v) is 13.4. The summed E-state index contributed by atoms with van der Waals surface area (Å²) in [6, 6.07) is 11.4. The monoisotopic (exact) mass is 338 g/mol. The number of amides is 2. The van der Waals surface area contributed by atoms with E-state index < -0.39 is 17.8 Å². The zero-order chi connectivity index (χ0) is 17.6. The summed E-state index contributed by atoms with van der Waals surface area (Å²) in [5, 5.41) is 0.499. The van der Waals surface area contributed by atoms with Crippen LogP contribution < -0.4 is 9.64 Å². The molecular formula is C18H14N2O5. The Morgan fingerprint density at radius 2 is 1.72 bits per heavy atom. The summed E-state index contributed by atoms with van der Waals surface area (Å²) in [5.74, 6) is -1.74. The smallest absolute Gasteiger partial charge is 0.367 e. The van der Waals surface area contributed by atoms with Gasteiger partial charge in [0.15, 0.2) is 5.75 Å². The van der Waals surface area contributed by atoms with Crippen molar-refractivity contribution < 1.29 is 24.0 Å². The van der Waals surface area contributed by atoms with Crippen LogP contribution in [-0.4, -0.2) is 43.0 Å². The molecule has 2 aliphatic heterocycles. The first-order chi connectivity index (χ1) is 12.1. The summed E-state index contributed by atoms with van der Waals surface area (Å²) >= 11 is 0. The highest BCUT2D eigenvalue weighted by Gasteiger charge is 2.39. The molecule has 0 bridgehead atoms. The van der Waals surface area contributed by atoms with Gasteiger partial charge in [-0.25, -0.2) is 4.79 Å². The van der Waals surface area contributed by atoms with E-state index in [0.29, 0.717) is 24.0 Å². The molecule has 0 N–H and O–H groups in total. The molecule has 0 radical (unpaired) electrons. The van der Waals surface area contributed by atoms with Gasteiger partial charge in [-0.2, -0.15) is 0 Å². The Balaban J connectivity index is 1.63. The number of hydrogen-bond acceptors (Lipinski definition) is 6. The Morgan fingerprint density at radius 3 is 2.40 bits per heavy atom. The molecular weight excluding hydrogens is 324 g/mol. The SMILES string of the molecule is CN1CCOc2c(C(=O)ON3C(=O)c4ccccc4C3=O)cccc21. The van der Waals surface area contributed by atoms with Gasteiger partial charge in [0.1, 0.15) is 12.2 Å². The predicted molar refractivity (Wildman–Crippen MR) is 87.6 cm³/mol. The molecule has 0 saturated carbocycles. The van der Waals surface area contributed by atoms with Gasteiger partial charge in [0.05, 0.1) is 23.4 Å². The summed E-state index contributed by atoms with van der Waals surface area (Å²) in [7, 11) is 1.89. The quantitative estimate of drug-likeness (QED) is 0.778. The number of carbonyl (C=O) groups excluding carboxylic acids is 3. The number of hydrogen-bond donors (Lipinski definition) is 0. The van der Waals surface area contributed by atoms with E-state index >= 15 is 0 Å². The zero-order valence-electron chi connectivity index (χ0n) is 13.4. The Kier molecular flexibility index (Phi) is 3.42. The molecule has 25 heavy (non-hydrogen) atoms. The highest BCUT2D eigenvalue weighted by Crippen LogP contribution is 2.35. The molecule has 2 aromatic carbocycles. The van der Waals surface area contributed by atoms with E-state index in [1.807, 2.05) is 18.0 Å². The molecule has 2 aliphatic rings.